The van der Waals surface area contributed by atoms with E-state index >= 15 is 0 Å². The number of hydrogen-bond acceptors (Lipinski definition) is 3. The summed E-state index contributed by atoms with van der Waals surface area (Å²) < 4.78 is 13.1. The van der Waals surface area contributed by atoms with Gasteiger partial charge in [0.2, 0.25) is 0 Å². The van der Waals surface area contributed by atoms with Gasteiger partial charge in [-0.1, -0.05) is 12.1 Å². The second-order valence-electron chi connectivity index (χ2n) is 4.22. The molecule has 0 aliphatic heterocycles. The number of carbonyl (C=O) groups is 1. The minimum atomic E-state index is -0.579. The van der Waals surface area contributed by atoms with Crippen LogP contribution >= 0.6 is 0 Å². The summed E-state index contributed by atoms with van der Waals surface area (Å²) in [6.07, 6.45) is 0. The van der Waals surface area contributed by atoms with Gasteiger partial charge in [0.05, 0.1) is 4.92 Å². The smallest absolute Gasteiger partial charge is 0.270 e. The monoisotopic (exact) mass is 274 g/mol. The summed E-state index contributed by atoms with van der Waals surface area (Å²) in [6.45, 7) is 1.72. The molecule has 102 valence electrons. The molecule has 2 aromatic rings. The van der Waals surface area contributed by atoms with E-state index in [1.165, 1.54) is 36.4 Å². The Labute approximate surface area is 114 Å². The normalized spacial score (nSPS) is 10.1. The Bertz CT molecular complexity index is 686. The highest BCUT2D eigenvalue weighted by Gasteiger charge is 2.12. The fourth-order valence-electron chi connectivity index (χ4n) is 1.68. The maximum Gasteiger partial charge on any atom is 0.270 e. The Morgan fingerprint density at radius 3 is 2.70 bits per heavy atom. The van der Waals surface area contributed by atoms with Crippen LogP contribution in [0.1, 0.15) is 15.9 Å². The van der Waals surface area contributed by atoms with Crippen LogP contribution in [0.4, 0.5) is 15.8 Å². The largest absolute Gasteiger partial charge is 0.322 e. The predicted molar refractivity (Wildman–Crippen MR) is 72.2 cm³/mol. The molecule has 6 heteroatoms. The highest BCUT2D eigenvalue weighted by atomic mass is 19.1. The fourth-order valence-corrected chi connectivity index (χ4v) is 1.68. The molecule has 0 saturated carbocycles. The molecule has 0 spiro atoms. The van der Waals surface area contributed by atoms with Gasteiger partial charge in [-0.05, 0) is 30.7 Å². The van der Waals surface area contributed by atoms with E-state index in [0.717, 1.165) is 0 Å². The lowest BCUT2D eigenvalue weighted by Gasteiger charge is -2.08. The van der Waals surface area contributed by atoms with Crippen LogP contribution in [0.5, 0.6) is 0 Å². The molecule has 1 amide bonds. The van der Waals surface area contributed by atoms with E-state index in [4.69, 9.17) is 0 Å². The van der Waals surface area contributed by atoms with Crippen molar-refractivity contribution in [2.75, 3.05) is 5.32 Å². The first kappa shape index (κ1) is 13.7. The molecular formula is C14H11FN2O3. The van der Waals surface area contributed by atoms with Crippen LogP contribution in [0.15, 0.2) is 42.5 Å². The SMILES string of the molecule is Cc1ccc(F)cc1NC(=O)c1cccc([N+](=O)[O-])c1. The molecule has 0 saturated heterocycles. The van der Waals surface area contributed by atoms with Crippen LogP contribution in [0.25, 0.3) is 0 Å². The van der Waals surface area contributed by atoms with E-state index < -0.39 is 16.6 Å². The minimum Gasteiger partial charge on any atom is -0.322 e. The van der Waals surface area contributed by atoms with E-state index in [0.29, 0.717) is 11.3 Å². The van der Waals surface area contributed by atoms with Gasteiger partial charge in [0.1, 0.15) is 5.82 Å². The molecule has 0 bridgehead atoms. The first-order chi connectivity index (χ1) is 9.47. The molecule has 1 N–H and O–H groups in total. The van der Waals surface area contributed by atoms with E-state index in [9.17, 15) is 19.3 Å². The number of nitro benzene ring substituents is 1. The van der Waals surface area contributed by atoms with E-state index in [1.807, 2.05) is 0 Å². The van der Waals surface area contributed by atoms with Crippen LogP contribution < -0.4 is 5.32 Å². The van der Waals surface area contributed by atoms with E-state index in [2.05, 4.69) is 5.32 Å². The standard InChI is InChI=1S/C14H11FN2O3/c1-9-5-6-11(15)8-13(9)16-14(18)10-3-2-4-12(7-10)17(19)20/h2-8H,1H3,(H,16,18). The molecule has 5 nitrogen and oxygen atoms in total. The Hall–Kier alpha value is -2.76. The van der Waals surface area contributed by atoms with Crippen LogP contribution in [0.3, 0.4) is 0 Å². The molecule has 2 rings (SSSR count). The van der Waals surface area contributed by atoms with E-state index in [-0.39, 0.29) is 11.3 Å². The van der Waals surface area contributed by atoms with E-state index in [1.54, 1.807) is 13.0 Å². The first-order valence-electron chi connectivity index (χ1n) is 5.79. The van der Waals surface area contributed by atoms with Gasteiger partial charge in [-0.15, -0.1) is 0 Å². The summed E-state index contributed by atoms with van der Waals surface area (Å²) in [5.74, 6) is -0.993. The van der Waals surface area contributed by atoms with Gasteiger partial charge in [0, 0.05) is 23.4 Å². The van der Waals surface area contributed by atoms with Gasteiger partial charge >= 0.3 is 0 Å². The number of nitrogens with one attached hydrogen (secondary N) is 1. The molecule has 0 radical (unpaired) electrons. The summed E-state index contributed by atoms with van der Waals surface area (Å²) >= 11 is 0. The third-order valence-electron chi connectivity index (χ3n) is 2.77. The second kappa shape index (κ2) is 5.48. The number of amides is 1. The molecular weight excluding hydrogens is 263 g/mol. The molecule has 0 aromatic heterocycles. The maximum absolute atomic E-state index is 13.1. The summed E-state index contributed by atoms with van der Waals surface area (Å²) in [5, 5.41) is 13.2. The number of carbonyl (C=O) groups excluding carboxylic acids is 1. The highest BCUT2D eigenvalue weighted by Crippen LogP contribution is 2.18. The van der Waals surface area contributed by atoms with Crippen molar-refractivity contribution in [1.29, 1.82) is 0 Å². The Morgan fingerprint density at radius 2 is 2.00 bits per heavy atom. The Kier molecular flexibility index (Phi) is 3.74. The zero-order valence-electron chi connectivity index (χ0n) is 10.6. The van der Waals surface area contributed by atoms with Crippen molar-refractivity contribution < 1.29 is 14.1 Å². The lowest BCUT2D eigenvalue weighted by molar-refractivity contribution is -0.384. The van der Waals surface area contributed by atoms with Gasteiger partial charge < -0.3 is 5.32 Å². The number of benzene rings is 2. The number of halogens is 1. The quantitative estimate of drug-likeness (QED) is 0.689. The molecule has 0 atom stereocenters. The number of nitrogens with zero attached hydrogens (tertiary/aromatic N) is 1. The summed E-state index contributed by atoms with van der Waals surface area (Å²) in [5.41, 5.74) is 1.00. The number of rotatable bonds is 3. The molecule has 2 aromatic carbocycles. The zero-order valence-corrected chi connectivity index (χ0v) is 10.6. The number of aryl methyl sites for hydroxylation is 1. The molecule has 0 aliphatic rings. The summed E-state index contributed by atoms with van der Waals surface area (Å²) in [6, 6.07) is 9.37. The number of hydrogen-bond donors (Lipinski definition) is 1. The zero-order chi connectivity index (χ0) is 14.7. The van der Waals surface area contributed by atoms with Crippen LogP contribution in [0, 0.1) is 22.9 Å². The third-order valence-corrected chi connectivity index (χ3v) is 2.77. The van der Waals surface area contributed by atoms with Crippen molar-refractivity contribution in [2.24, 2.45) is 0 Å². The third kappa shape index (κ3) is 2.97. The molecule has 0 aliphatic carbocycles. The van der Waals surface area contributed by atoms with Crippen LogP contribution in [-0.4, -0.2) is 10.8 Å². The molecule has 20 heavy (non-hydrogen) atoms. The van der Waals surface area contributed by atoms with Gasteiger partial charge in [-0.25, -0.2) is 4.39 Å². The molecule has 0 heterocycles. The van der Waals surface area contributed by atoms with Crippen molar-refractivity contribution in [1.82, 2.24) is 0 Å². The minimum absolute atomic E-state index is 0.142. The van der Waals surface area contributed by atoms with Gasteiger partial charge in [0.25, 0.3) is 11.6 Å². The number of nitro groups is 1. The van der Waals surface area contributed by atoms with Crippen molar-refractivity contribution in [3.63, 3.8) is 0 Å². The van der Waals surface area contributed by atoms with Crippen LogP contribution in [-0.2, 0) is 0 Å². The topological polar surface area (TPSA) is 72.2 Å². The lowest BCUT2D eigenvalue weighted by Crippen LogP contribution is -2.13. The predicted octanol–water partition coefficient (Wildman–Crippen LogP) is 3.29. The first-order valence-corrected chi connectivity index (χ1v) is 5.79. The number of anilines is 1. The van der Waals surface area contributed by atoms with Crippen molar-refractivity contribution in [3.8, 4) is 0 Å². The average molecular weight is 274 g/mol. The van der Waals surface area contributed by atoms with Crippen molar-refractivity contribution >= 4 is 17.3 Å². The van der Waals surface area contributed by atoms with Crippen molar-refractivity contribution in [3.05, 3.63) is 69.5 Å². The maximum atomic E-state index is 13.1. The highest BCUT2D eigenvalue weighted by molar-refractivity contribution is 6.05. The average Bonchev–Trinajstić information content (AvgIpc) is 2.43. The Morgan fingerprint density at radius 1 is 1.25 bits per heavy atom. The lowest BCUT2D eigenvalue weighted by atomic mass is 10.1. The number of non-ortho nitro benzene ring substituents is 1. The molecule has 0 fully saturated rings. The summed E-state index contributed by atoms with van der Waals surface area (Å²) in [4.78, 5) is 22.1. The van der Waals surface area contributed by atoms with Gasteiger partial charge in [0.15, 0.2) is 0 Å². The van der Waals surface area contributed by atoms with Gasteiger partial charge in [-0.3, -0.25) is 14.9 Å². The Balaban J connectivity index is 2.26. The van der Waals surface area contributed by atoms with Crippen LogP contribution in [0.2, 0.25) is 0 Å². The van der Waals surface area contributed by atoms with Gasteiger partial charge in [-0.2, -0.15) is 0 Å². The molecule has 0 unspecified atom stereocenters. The summed E-state index contributed by atoms with van der Waals surface area (Å²) in [7, 11) is 0. The second-order valence-corrected chi connectivity index (χ2v) is 4.22. The fraction of sp³-hybridized carbons (Fsp3) is 0.0714. The van der Waals surface area contributed by atoms with Crippen molar-refractivity contribution in [2.45, 2.75) is 6.92 Å².